The molecule has 0 bridgehead atoms. The van der Waals surface area contributed by atoms with Crippen molar-refractivity contribution in [1.29, 1.82) is 0 Å². The highest BCUT2D eigenvalue weighted by molar-refractivity contribution is 5.83. The predicted octanol–water partition coefficient (Wildman–Crippen LogP) is 4.51. The van der Waals surface area contributed by atoms with Crippen molar-refractivity contribution in [2.75, 3.05) is 0 Å². The maximum Gasteiger partial charge on any atom is 0.227 e. The molecular formula is C20H18FNO2. The van der Waals surface area contributed by atoms with E-state index in [9.17, 15) is 9.18 Å². The number of benzene rings is 2. The van der Waals surface area contributed by atoms with E-state index in [1.165, 1.54) is 6.07 Å². The maximum atomic E-state index is 14.4. The van der Waals surface area contributed by atoms with E-state index >= 15 is 0 Å². The van der Waals surface area contributed by atoms with E-state index in [0.29, 0.717) is 23.4 Å². The molecule has 0 fully saturated rings. The van der Waals surface area contributed by atoms with E-state index in [0.717, 1.165) is 5.56 Å². The van der Waals surface area contributed by atoms with Crippen LogP contribution in [0.3, 0.4) is 0 Å². The summed E-state index contributed by atoms with van der Waals surface area (Å²) in [5.74, 6) is -0.261. The first-order valence-electron chi connectivity index (χ1n) is 7.80. The first kappa shape index (κ1) is 16.0. The van der Waals surface area contributed by atoms with Gasteiger partial charge in [-0.25, -0.2) is 4.39 Å². The molecule has 24 heavy (non-hydrogen) atoms. The van der Waals surface area contributed by atoms with Gasteiger partial charge >= 0.3 is 0 Å². The number of amides is 1. The minimum atomic E-state index is -0.445. The number of hydrogen-bond donors (Lipinski definition) is 1. The molecule has 3 rings (SSSR count). The van der Waals surface area contributed by atoms with Crippen LogP contribution in [-0.4, -0.2) is 5.91 Å². The van der Waals surface area contributed by atoms with Gasteiger partial charge in [0.05, 0.1) is 18.7 Å². The van der Waals surface area contributed by atoms with Crippen LogP contribution in [0.2, 0.25) is 0 Å². The third kappa shape index (κ3) is 3.54. The number of carbonyl (C=O) groups excluding carboxylic acids is 1. The number of halogens is 1. The quantitative estimate of drug-likeness (QED) is 0.751. The summed E-state index contributed by atoms with van der Waals surface area (Å²) >= 11 is 0. The van der Waals surface area contributed by atoms with E-state index in [1.54, 1.807) is 37.5 Å². The topological polar surface area (TPSA) is 42.2 Å². The lowest BCUT2D eigenvalue weighted by Gasteiger charge is -2.13. The van der Waals surface area contributed by atoms with Crippen molar-refractivity contribution in [3.05, 3.63) is 84.1 Å². The monoisotopic (exact) mass is 323 g/mol. The van der Waals surface area contributed by atoms with Gasteiger partial charge in [0.15, 0.2) is 0 Å². The second-order valence-electron chi connectivity index (χ2n) is 5.62. The Hall–Kier alpha value is -2.88. The van der Waals surface area contributed by atoms with Gasteiger partial charge in [-0.3, -0.25) is 4.79 Å². The molecule has 2 aromatic carbocycles. The zero-order valence-corrected chi connectivity index (χ0v) is 13.3. The Morgan fingerprint density at radius 2 is 1.92 bits per heavy atom. The Morgan fingerprint density at radius 1 is 1.12 bits per heavy atom. The molecule has 0 spiro atoms. The third-order valence-corrected chi connectivity index (χ3v) is 3.99. The molecule has 0 aliphatic carbocycles. The molecule has 3 aromatic rings. The Labute approximate surface area is 140 Å². The molecule has 1 atom stereocenters. The van der Waals surface area contributed by atoms with Gasteiger partial charge in [0.1, 0.15) is 11.6 Å². The van der Waals surface area contributed by atoms with E-state index in [4.69, 9.17) is 4.42 Å². The minimum Gasteiger partial charge on any atom is -0.467 e. The summed E-state index contributed by atoms with van der Waals surface area (Å²) in [5.41, 5.74) is 1.99. The average Bonchev–Trinajstić information content (AvgIpc) is 3.13. The molecule has 4 heteroatoms. The molecule has 0 saturated carbocycles. The summed E-state index contributed by atoms with van der Waals surface area (Å²) in [4.78, 5) is 12.2. The third-order valence-electron chi connectivity index (χ3n) is 3.99. The van der Waals surface area contributed by atoms with Gasteiger partial charge in [0.2, 0.25) is 5.91 Å². The van der Waals surface area contributed by atoms with Crippen molar-refractivity contribution in [2.45, 2.75) is 19.4 Å². The lowest BCUT2D eigenvalue weighted by atomic mass is 9.96. The molecule has 1 aromatic heterocycles. The molecule has 1 N–H and O–H groups in total. The summed E-state index contributed by atoms with van der Waals surface area (Å²) in [7, 11) is 0. The van der Waals surface area contributed by atoms with Crippen molar-refractivity contribution in [3.8, 4) is 11.1 Å². The fourth-order valence-electron chi connectivity index (χ4n) is 2.54. The molecule has 122 valence electrons. The van der Waals surface area contributed by atoms with Crippen molar-refractivity contribution < 1.29 is 13.6 Å². The van der Waals surface area contributed by atoms with E-state index in [-0.39, 0.29) is 11.7 Å². The van der Waals surface area contributed by atoms with Crippen LogP contribution >= 0.6 is 0 Å². The molecule has 1 unspecified atom stereocenters. The van der Waals surface area contributed by atoms with Gasteiger partial charge in [-0.15, -0.1) is 0 Å². The van der Waals surface area contributed by atoms with Gasteiger partial charge in [-0.2, -0.15) is 0 Å². The second kappa shape index (κ2) is 7.13. The van der Waals surface area contributed by atoms with E-state index in [1.807, 2.05) is 30.3 Å². The lowest BCUT2D eigenvalue weighted by molar-refractivity contribution is -0.122. The van der Waals surface area contributed by atoms with Crippen LogP contribution in [-0.2, 0) is 11.3 Å². The molecular weight excluding hydrogens is 305 g/mol. The van der Waals surface area contributed by atoms with Crippen molar-refractivity contribution >= 4 is 5.91 Å². The Bertz CT molecular complexity index is 813. The van der Waals surface area contributed by atoms with Crippen LogP contribution in [0, 0.1) is 5.82 Å². The highest BCUT2D eigenvalue weighted by Gasteiger charge is 2.17. The zero-order chi connectivity index (χ0) is 16.9. The largest absolute Gasteiger partial charge is 0.467 e. The molecule has 0 saturated heterocycles. The number of carbonyl (C=O) groups is 1. The van der Waals surface area contributed by atoms with Crippen molar-refractivity contribution in [1.82, 2.24) is 5.32 Å². The standard InChI is InChI=1S/C20H18FNO2/c1-14(20(23)22-13-17-8-5-11-24-17)16-9-10-18(19(21)12-16)15-6-3-2-4-7-15/h2-12,14H,13H2,1H3,(H,22,23). The van der Waals surface area contributed by atoms with Crippen molar-refractivity contribution in [2.24, 2.45) is 0 Å². The normalized spacial score (nSPS) is 11.9. The first-order chi connectivity index (χ1) is 11.6. The Morgan fingerprint density at radius 3 is 2.58 bits per heavy atom. The first-order valence-corrected chi connectivity index (χ1v) is 7.80. The highest BCUT2D eigenvalue weighted by atomic mass is 19.1. The minimum absolute atomic E-state index is 0.168. The van der Waals surface area contributed by atoms with Gasteiger partial charge in [-0.05, 0) is 36.2 Å². The number of hydrogen-bond acceptors (Lipinski definition) is 2. The molecule has 1 heterocycles. The highest BCUT2D eigenvalue weighted by Crippen LogP contribution is 2.26. The van der Waals surface area contributed by atoms with E-state index in [2.05, 4.69) is 5.32 Å². The number of rotatable bonds is 5. The molecule has 0 aliphatic rings. The van der Waals surface area contributed by atoms with Crippen LogP contribution in [0.15, 0.2) is 71.3 Å². The van der Waals surface area contributed by atoms with Crippen LogP contribution in [0.25, 0.3) is 11.1 Å². The zero-order valence-electron chi connectivity index (χ0n) is 13.3. The van der Waals surface area contributed by atoms with E-state index < -0.39 is 5.92 Å². The van der Waals surface area contributed by atoms with Gasteiger partial charge in [-0.1, -0.05) is 42.5 Å². The maximum absolute atomic E-state index is 14.4. The Kier molecular flexibility index (Phi) is 4.75. The average molecular weight is 323 g/mol. The molecule has 3 nitrogen and oxygen atoms in total. The molecule has 1 amide bonds. The van der Waals surface area contributed by atoms with Crippen LogP contribution in [0.5, 0.6) is 0 Å². The predicted molar refractivity (Wildman–Crippen MR) is 90.8 cm³/mol. The van der Waals surface area contributed by atoms with Crippen molar-refractivity contribution in [3.63, 3.8) is 0 Å². The summed E-state index contributed by atoms with van der Waals surface area (Å²) < 4.78 is 19.6. The summed E-state index contributed by atoms with van der Waals surface area (Å²) in [6.45, 7) is 2.08. The fraction of sp³-hybridized carbons (Fsp3) is 0.150. The van der Waals surface area contributed by atoms with Gasteiger partial charge < -0.3 is 9.73 Å². The van der Waals surface area contributed by atoms with Crippen LogP contribution < -0.4 is 5.32 Å². The molecule has 0 aliphatic heterocycles. The SMILES string of the molecule is CC(C(=O)NCc1ccco1)c1ccc(-c2ccccc2)c(F)c1. The number of furan rings is 1. The summed E-state index contributed by atoms with van der Waals surface area (Å²) in [6, 6.07) is 17.8. The second-order valence-corrected chi connectivity index (χ2v) is 5.62. The Balaban J connectivity index is 1.72. The fourth-order valence-corrected chi connectivity index (χ4v) is 2.54. The van der Waals surface area contributed by atoms with Crippen LogP contribution in [0.1, 0.15) is 24.2 Å². The van der Waals surface area contributed by atoms with Gasteiger partial charge in [0, 0.05) is 5.56 Å². The summed E-state index contributed by atoms with van der Waals surface area (Å²) in [6.07, 6.45) is 1.56. The van der Waals surface area contributed by atoms with Crippen LogP contribution in [0.4, 0.5) is 4.39 Å². The summed E-state index contributed by atoms with van der Waals surface area (Å²) in [5, 5.41) is 2.79. The van der Waals surface area contributed by atoms with Gasteiger partial charge in [0.25, 0.3) is 0 Å². The molecule has 0 radical (unpaired) electrons. The number of nitrogens with one attached hydrogen (secondary N) is 1. The smallest absolute Gasteiger partial charge is 0.227 e. The lowest BCUT2D eigenvalue weighted by Crippen LogP contribution is -2.27.